The van der Waals surface area contributed by atoms with Gasteiger partial charge in [0.1, 0.15) is 35.0 Å². The fourth-order valence-electron chi connectivity index (χ4n) is 3.48. The molecule has 5 rings (SSSR count). The highest BCUT2D eigenvalue weighted by atomic mass is 19.1. The number of carbonyl (C=O) groups excluding carboxylic acids is 1. The smallest absolute Gasteiger partial charge is 0.255 e. The Morgan fingerprint density at radius 2 is 1.82 bits per heavy atom. The fraction of sp³-hybridized carbons (Fsp3) is 0.0417. The number of imidazole rings is 1. The van der Waals surface area contributed by atoms with Gasteiger partial charge in [0.05, 0.1) is 12.0 Å². The number of pyridine rings is 1. The van der Waals surface area contributed by atoms with Crippen molar-refractivity contribution in [3.8, 4) is 11.3 Å². The average Bonchev–Trinajstić information content (AvgIpc) is 3.32. The maximum Gasteiger partial charge on any atom is 0.255 e. The first-order valence-corrected chi connectivity index (χ1v) is 10.2. The molecule has 168 valence electrons. The first-order valence-electron chi connectivity index (χ1n) is 10.2. The minimum atomic E-state index is -0.617. The number of halogens is 2. The summed E-state index contributed by atoms with van der Waals surface area (Å²) >= 11 is 0. The van der Waals surface area contributed by atoms with Gasteiger partial charge in [-0.15, -0.1) is 0 Å². The van der Waals surface area contributed by atoms with E-state index in [9.17, 15) is 13.6 Å². The van der Waals surface area contributed by atoms with Gasteiger partial charge in [0, 0.05) is 23.0 Å². The maximum atomic E-state index is 14.5. The summed E-state index contributed by atoms with van der Waals surface area (Å²) in [4.78, 5) is 32.6. The number of aromatic nitrogens is 5. The maximum absolute atomic E-state index is 14.5. The molecule has 0 aliphatic heterocycles. The van der Waals surface area contributed by atoms with E-state index in [0.717, 1.165) is 0 Å². The zero-order valence-electron chi connectivity index (χ0n) is 17.8. The van der Waals surface area contributed by atoms with Crippen LogP contribution in [0.15, 0.2) is 67.4 Å². The lowest BCUT2D eigenvalue weighted by atomic mass is 10.1. The van der Waals surface area contributed by atoms with E-state index in [0.29, 0.717) is 39.5 Å². The summed E-state index contributed by atoms with van der Waals surface area (Å²) in [5.41, 5.74) is 3.44. The molecular formula is C24H17F2N7O. The molecule has 0 unspecified atom stereocenters. The number of carbonyl (C=O) groups is 1. The van der Waals surface area contributed by atoms with Crippen molar-refractivity contribution in [2.75, 3.05) is 10.6 Å². The second-order valence-electron chi connectivity index (χ2n) is 7.46. The molecule has 0 aliphatic carbocycles. The molecular weight excluding hydrogens is 440 g/mol. The number of amides is 1. The van der Waals surface area contributed by atoms with Crippen molar-refractivity contribution in [1.29, 1.82) is 0 Å². The first kappa shape index (κ1) is 21.1. The molecule has 34 heavy (non-hydrogen) atoms. The van der Waals surface area contributed by atoms with Crippen LogP contribution in [0.5, 0.6) is 0 Å². The number of rotatable bonds is 5. The van der Waals surface area contributed by atoms with Gasteiger partial charge in [0.15, 0.2) is 5.65 Å². The molecule has 0 aliphatic rings. The van der Waals surface area contributed by atoms with E-state index in [1.54, 1.807) is 19.2 Å². The zero-order chi connectivity index (χ0) is 23.7. The second kappa shape index (κ2) is 8.66. The number of hydrogen-bond acceptors (Lipinski definition) is 6. The predicted octanol–water partition coefficient (Wildman–Crippen LogP) is 5.00. The summed E-state index contributed by atoms with van der Waals surface area (Å²) in [6.07, 6.45) is 4.56. The van der Waals surface area contributed by atoms with Crippen LogP contribution in [-0.2, 0) is 0 Å². The summed E-state index contributed by atoms with van der Waals surface area (Å²) in [5.74, 6) is -1.12. The van der Waals surface area contributed by atoms with Gasteiger partial charge in [-0.25, -0.2) is 28.7 Å². The van der Waals surface area contributed by atoms with Crippen LogP contribution in [0, 0.1) is 18.6 Å². The minimum Gasteiger partial charge on any atom is -0.341 e. The van der Waals surface area contributed by atoms with Crippen molar-refractivity contribution < 1.29 is 13.6 Å². The lowest BCUT2D eigenvalue weighted by Crippen LogP contribution is -2.13. The van der Waals surface area contributed by atoms with Gasteiger partial charge in [0.25, 0.3) is 5.91 Å². The fourth-order valence-corrected chi connectivity index (χ4v) is 3.48. The normalized spacial score (nSPS) is 10.9. The third kappa shape index (κ3) is 4.04. The van der Waals surface area contributed by atoms with E-state index >= 15 is 0 Å². The molecule has 0 fully saturated rings. The highest BCUT2D eigenvalue weighted by molar-refractivity contribution is 6.04. The molecule has 3 N–H and O–H groups in total. The van der Waals surface area contributed by atoms with Gasteiger partial charge in [0.2, 0.25) is 0 Å². The molecule has 0 radical (unpaired) electrons. The van der Waals surface area contributed by atoms with Crippen LogP contribution in [0.25, 0.3) is 22.4 Å². The monoisotopic (exact) mass is 457 g/mol. The predicted molar refractivity (Wildman–Crippen MR) is 124 cm³/mol. The summed E-state index contributed by atoms with van der Waals surface area (Å²) in [7, 11) is 0. The minimum absolute atomic E-state index is 0.0348. The van der Waals surface area contributed by atoms with Crippen molar-refractivity contribution >= 4 is 34.3 Å². The van der Waals surface area contributed by atoms with Crippen LogP contribution < -0.4 is 10.6 Å². The Labute approximate surface area is 192 Å². The second-order valence-corrected chi connectivity index (χ2v) is 7.46. The van der Waals surface area contributed by atoms with Gasteiger partial charge in [-0.3, -0.25) is 4.79 Å². The van der Waals surface area contributed by atoms with Crippen LogP contribution in [0.4, 0.5) is 26.0 Å². The molecule has 1 amide bonds. The molecule has 3 heterocycles. The van der Waals surface area contributed by atoms with Crippen LogP contribution in [-0.4, -0.2) is 30.8 Å². The van der Waals surface area contributed by atoms with Gasteiger partial charge >= 0.3 is 0 Å². The number of anilines is 3. The van der Waals surface area contributed by atoms with E-state index < -0.39 is 17.5 Å². The SMILES string of the molecule is Cc1cc(C(=O)Nc2cc(Nc3ncccc3-c3ncnc4nc[nH]c34)ccc2F)ccc1F. The number of aryl methyl sites for hydroxylation is 1. The Morgan fingerprint density at radius 1 is 0.971 bits per heavy atom. The molecule has 0 spiro atoms. The molecule has 0 saturated heterocycles. The molecule has 10 heteroatoms. The number of benzene rings is 2. The molecule has 0 bridgehead atoms. The van der Waals surface area contributed by atoms with Crippen molar-refractivity contribution in [2.45, 2.75) is 6.92 Å². The van der Waals surface area contributed by atoms with Crippen molar-refractivity contribution in [3.63, 3.8) is 0 Å². The van der Waals surface area contributed by atoms with Crippen molar-refractivity contribution in [2.24, 2.45) is 0 Å². The Bertz CT molecular complexity index is 1530. The van der Waals surface area contributed by atoms with E-state index in [1.165, 1.54) is 49.1 Å². The molecule has 3 aromatic heterocycles. The van der Waals surface area contributed by atoms with Crippen LogP contribution in [0.1, 0.15) is 15.9 Å². The number of nitrogens with one attached hydrogen (secondary N) is 3. The van der Waals surface area contributed by atoms with E-state index in [4.69, 9.17) is 0 Å². The quantitative estimate of drug-likeness (QED) is 0.343. The van der Waals surface area contributed by atoms with E-state index in [-0.39, 0.29) is 11.3 Å². The molecule has 0 saturated carbocycles. The number of nitrogens with zero attached hydrogens (tertiary/aromatic N) is 4. The van der Waals surface area contributed by atoms with Crippen LogP contribution in [0.3, 0.4) is 0 Å². The summed E-state index contributed by atoms with van der Waals surface area (Å²) in [5, 5.41) is 5.69. The van der Waals surface area contributed by atoms with Crippen LogP contribution in [0.2, 0.25) is 0 Å². The summed E-state index contributed by atoms with van der Waals surface area (Å²) < 4.78 is 28.0. The zero-order valence-corrected chi connectivity index (χ0v) is 17.8. The average molecular weight is 457 g/mol. The first-order chi connectivity index (χ1) is 16.5. The molecule has 5 aromatic rings. The Kier molecular flexibility index (Phi) is 5.38. The van der Waals surface area contributed by atoms with E-state index in [2.05, 4.69) is 35.6 Å². The Morgan fingerprint density at radius 3 is 2.68 bits per heavy atom. The van der Waals surface area contributed by atoms with Crippen LogP contribution >= 0.6 is 0 Å². The third-order valence-corrected chi connectivity index (χ3v) is 5.18. The Hall–Kier alpha value is -4.73. The van der Waals surface area contributed by atoms with Gasteiger partial charge < -0.3 is 15.6 Å². The van der Waals surface area contributed by atoms with Crippen molar-refractivity contribution in [1.82, 2.24) is 24.9 Å². The number of aromatic amines is 1. The Balaban J connectivity index is 1.44. The highest BCUT2D eigenvalue weighted by Gasteiger charge is 2.15. The van der Waals surface area contributed by atoms with Gasteiger partial charge in [-0.1, -0.05) is 0 Å². The molecule has 0 atom stereocenters. The topological polar surface area (TPSA) is 108 Å². The molecule has 8 nitrogen and oxygen atoms in total. The lowest BCUT2D eigenvalue weighted by molar-refractivity contribution is 0.102. The standard InChI is InChI=1S/C24H17F2N7O/c1-13-9-14(4-6-17(13)25)24(34)33-19-10-15(5-7-18(19)26)32-22-16(3-2-8-27-22)20-21-23(30-11-28-20)31-12-29-21/h2-12H,1H3,(H,27,32)(H,33,34)(H,28,29,30,31). The number of H-pyrrole nitrogens is 1. The number of fused-ring (bicyclic) bond motifs is 1. The van der Waals surface area contributed by atoms with Gasteiger partial charge in [-0.05, 0) is 61.0 Å². The highest BCUT2D eigenvalue weighted by Crippen LogP contribution is 2.31. The van der Waals surface area contributed by atoms with Gasteiger partial charge in [-0.2, -0.15) is 0 Å². The third-order valence-electron chi connectivity index (χ3n) is 5.18. The van der Waals surface area contributed by atoms with Crippen molar-refractivity contribution in [3.05, 3.63) is 90.1 Å². The lowest BCUT2D eigenvalue weighted by Gasteiger charge is -2.13. The number of hydrogen-bond donors (Lipinski definition) is 3. The van der Waals surface area contributed by atoms with E-state index in [1.807, 2.05) is 6.07 Å². The largest absolute Gasteiger partial charge is 0.341 e. The summed E-state index contributed by atoms with van der Waals surface area (Å²) in [6.45, 7) is 1.55. The molecule has 2 aromatic carbocycles. The summed E-state index contributed by atoms with van der Waals surface area (Å²) in [6, 6.07) is 11.8.